The number of nitroso groups, excluding NO2 is 1. The Balaban J connectivity index is 1.79. The van der Waals surface area contributed by atoms with Gasteiger partial charge in [0.2, 0.25) is 0 Å². The second-order valence-electron chi connectivity index (χ2n) is 5.36. The largest absolute Gasteiger partial charge is 0.478 e. The lowest BCUT2D eigenvalue weighted by Gasteiger charge is -2.07. The van der Waals surface area contributed by atoms with E-state index in [1.807, 2.05) is 0 Å². The highest BCUT2D eigenvalue weighted by Crippen LogP contribution is 2.34. The van der Waals surface area contributed by atoms with Gasteiger partial charge in [-0.1, -0.05) is 25.0 Å². The van der Waals surface area contributed by atoms with Gasteiger partial charge in [-0.2, -0.15) is 0 Å². The lowest BCUT2D eigenvalue weighted by Crippen LogP contribution is -2.27. The van der Waals surface area contributed by atoms with Crippen LogP contribution in [0.15, 0.2) is 24.3 Å². The Hall–Kier alpha value is -1.79. The summed E-state index contributed by atoms with van der Waals surface area (Å²) in [4.78, 5) is 28.8. The molecule has 2 atom stereocenters. The third-order valence-electron chi connectivity index (χ3n) is 4.06. The standard InChI is InChI=1S/C14H16N2O4/c17-14(18)11-7-3-6-10(8-11)12-15-20-13(16(12)19)9-4-1-2-5-9/h3,6-9,12-13,15H,1-2,4-5H2/p+1. The number of carboxylic acid groups (broad SMARTS) is 1. The van der Waals surface area contributed by atoms with Gasteiger partial charge in [-0.15, -0.1) is 5.48 Å². The summed E-state index contributed by atoms with van der Waals surface area (Å²) >= 11 is 0. The van der Waals surface area contributed by atoms with Gasteiger partial charge in [-0.25, -0.2) is 9.63 Å². The van der Waals surface area contributed by atoms with Crippen LogP contribution in [0, 0.1) is 10.8 Å². The minimum Gasteiger partial charge on any atom is -0.478 e. The molecule has 0 bridgehead atoms. The van der Waals surface area contributed by atoms with Crippen LogP contribution >= 0.6 is 0 Å². The summed E-state index contributed by atoms with van der Waals surface area (Å²) in [5.74, 6) is -0.747. The summed E-state index contributed by atoms with van der Waals surface area (Å²) < 4.78 is 0.914. The molecule has 1 aromatic rings. The predicted molar refractivity (Wildman–Crippen MR) is 69.7 cm³/mol. The van der Waals surface area contributed by atoms with Crippen molar-refractivity contribution in [1.82, 2.24) is 5.48 Å². The highest BCUT2D eigenvalue weighted by molar-refractivity contribution is 5.87. The number of hydrogen-bond donors (Lipinski definition) is 2. The summed E-state index contributed by atoms with van der Waals surface area (Å²) in [6, 6.07) is 6.38. The van der Waals surface area contributed by atoms with Crippen molar-refractivity contribution in [2.75, 3.05) is 0 Å². The molecule has 1 aliphatic carbocycles. The van der Waals surface area contributed by atoms with E-state index >= 15 is 0 Å². The molecule has 0 spiro atoms. The summed E-state index contributed by atoms with van der Waals surface area (Å²) in [6.07, 6.45) is 3.17. The van der Waals surface area contributed by atoms with Gasteiger partial charge in [0.25, 0.3) is 0 Å². The minimum absolute atomic E-state index is 0.169. The fraction of sp³-hybridized carbons (Fsp3) is 0.500. The number of nitrogens with zero attached hydrogens (tertiary/aromatic N) is 1. The average molecular weight is 277 g/mol. The third kappa shape index (κ3) is 2.32. The summed E-state index contributed by atoms with van der Waals surface area (Å²) in [6.45, 7) is 0. The Bertz CT molecular complexity index is 540. The quantitative estimate of drug-likeness (QED) is 0.828. The molecule has 0 radical (unpaired) electrons. The van der Waals surface area contributed by atoms with Crippen LogP contribution in [0.5, 0.6) is 0 Å². The first-order chi connectivity index (χ1) is 9.66. The van der Waals surface area contributed by atoms with Crippen LogP contribution < -0.4 is 5.48 Å². The zero-order chi connectivity index (χ0) is 14.1. The zero-order valence-corrected chi connectivity index (χ0v) is 11.0. The van der Waals surface area contributed by atoms with Crippen molar-refractivity contribution in [3.05, 3.63) is 40.3 Å². The molecule has 20 heavy (non-hydrogen) atoms. The van der Waals surface area contributed by atoms with Gasteiger partial charge >= 0.3 is 18.4 Å². The first kappa shape index (κ1) is 13.2. The number of benzene rings is 1. The molecule has 1 aromatic carbocycles. The minimum atomic E-state index is -1.00. The molecule has 106 valence electrons. The van der Waals surface area contributed by atoms with Crippen LogP contribution in [0.25, 0.3) is 0 Å². The highest BCUT2D eigenvalue weighted by atomic mass is 16.7. The fourth-order valence-electron chi connectivity index (χ4n) is 2.99. The number of carbonyl (C=O) groups is 1. The van der Waals surface area contributed by atoms with Crippen molar-refractivity contribution in [1.29, 1.82) is 0 Å². The number of aromatic carboxylic acids is 1. The number of hydrogen-bond acceptors (Lipinski definition) is 4. The van der Waals surface area contributed by atoms with Gasteiger partial charge in [0.15, 0.2) is 0 Å². The van der Waals surface area contributed by atoms with Gasteiger partial charge in [-0.05, 0) is 25.0 Å². The van der Waals surface area contributed by atoms with Gasteiger partial charge in [0, 0.05) is 10.5 Å². The van der Waals surface area contributed by atoms with E-state index in [4.69, 9.17) is 9.94 Å². The van der Waals surface area contributed by atoms with Crippen molar-refractivity contribution >= 4 is 5.97 Å². The van der Waals surface area contributed by atoms with E-state index in [2.05, 4.69) is 5.48 Å². The van der Waals surface area contributed by atoms with E-state index in [-0.39, 0.29) is 11.5 Å². The van der Waals surface area contributed by atoms with E-state index < -0.39 is 18.4 Å². The highest BCUT2D eigenvalue weighted by Gasteiger charge is 2.49. The molecule has 1 saturated heterocycles. The van der Waals surface area contributed by atoms with Crippen LogP contribution in [0.3, 0.4) is 0 Å². The topological polar surface area (TPSA) is 78.6 Å². The second kappa shape index (κ2) is 5.30. The predicted octanol–water partition coefficient (Wildman–Crippen LogP) is 2.21. The Morgan fingerprint density at radius 2 is 2.10 bits per heavy atom. The van der Waals surface area contributed by atoms with Crippen molar-refractivity contribution < 1.29 is 19.5 Å². The van der Waals surface area contributed by atoms with Crippen LogP contribution in [-0.4, -0.2) is 22.1 Å². The maximum Gasteiger partial charge on any atom is 0.335 e. The Kier molecular flexibility index (Phi) is 3.50. The number of rotatable bonds is 3. The molecule has 6 nitrogen and oxygen atoms in total. The summed E-state index contributed by atoms with van der Waals surface area (Å²) in [5, 5.41) is 9.00. The van der Waals surface area contributed by atoms with Gasteiger partial charge in [0.05, 0.1) is 16.2 Å². The van der Waals surface area contributed by atoms with Crippen LogP contribution in [0.2, 0.25) is 0 Å². The lowest BCUT2D eigenvalue weighted by molar-refractivity contribution is -0.631. The van der Waals surface area contributed by atoms with Crippen LogP contribution in [0.4, 0.5) is 0 Å². The van der Waals surface area contributed by atoms with E-state index in [0.717, 1.165) is 30.4 Å². The molecule has 2 N–H and O–H groups in total. The van der Waals surface area contributed by atoms with Crippen LogP contribution in [-0.2, 0) is 4.84 Å². The second-order valence-corrected chi connectivity index (χ2v) is 5.36. The van der Waals surface area contributed by atoms with E-state index in [0.29, 0.717) is 5.56 Å². The zero-order valence-electron chi connectivity index (χ0n) is 11.0. The fourth-order valence-corrected chi connectivity index (χ4v) is 2.99. The molecular formula is C14H17N2O4+. The van der Waals surface area contributed by atoms with Crippen molar-refractivity contribution in [2.24, 2.45) is 5.92 Å². The number of nitrogens with one attached hydrogen (secondary N) is 1. The van der Waals surface area contributed by atoms with Crippen molar-refractivity contribution in [3.63, 3.8) is 0 Å². The SMILES string of the molecule is O=C(O)c1cccc(C2NOC(C3CCCC3)[N+]2=O)c1. The van der Waals surface area contributed by atoms with E-state index in [1.165, 1.54) is 12.1 Å². The molecule has 1 saturated carbocycles. The Morgan fingerprint density at radius 3 is 2.80 bits per heavy atom. The van der Waals surface area contributed by atoms with Crippen LogP contribution in [0.1, 0.15) is 47.8 Å². The summed E-state index contributed by atoms with van der Waals surface area (Å²) in [5.41, 5.74) is 3.52. The third-order valence-corrected chi connectivity index (χ3v) is 4.06. The van der Waals surface area contributed by atoms with Crippen molar-refractivity contribution in [2.45, 2.75) is 38.1 Å². The molecule has 0 aromatic heterocycles. The number of carboxylic acids is 1. The molecule has 3 rings (SSSR count). The average Bonchev–Trinajstić information content (AvgIpc) is 3.08. The molecule has 2 aliphatic rings. The summed E-state index contributed by atoms with van der Waals surface area (Å²) in [7, 11) is 0. The van der Waals surface area contributed by atoms with E-state index in [9.17, 15) is 9.70 Å². The maximum absolute atomic E-state index is 12.4. The maximum atomic E-state index is 12.4. The lowest BCUT2D eigenvalue weighted by atomic mass is 10.1. The molecular weight excluding hydrogens is 260 g/mol. The van der Waals surface area contributed by atoms with Crippen molar-refractivity contribution in [3.8, 4) is 0 Å². The molecule has 0 amide bonds. The Labute approximate surface area is 116 Å². The molecule has 2 unspecified atom stereocenters. The number of hydroxylamine groups is 1. The van der Waals surface area contributed by atoms with Gasteiger partial charge in [0.1, 0.15) is 0 Å². The molecule has 2 fully saturated rings. The van der Waals surface area contributed by atoms with Gasteiger partial charge < -0.3 is 5.11 Å². The van der Waals surface area contributed by atoms with Gasteiger partial charge in [-0.3, -0.25) is 0 Å². The first-order valence-corrected chi connectivity index (χ1v) is 6.87. The normalized spacial score (nSPS) is 27.1. The Morgan fingerprint density at radius 1 is 1.35 bits per heavy atom. The smallest absolute Gasteiger partial charge is 0.335 e. The van der Waals surface area contributed by atoms with E-state index in [1.54, 1.807) is 12.1 Å². The molecule has 1 aliphatic heterocycles. The first-order valence-electron chi connectivity index (χ1n) is 6.87. The monoisotopic (exact) mass is 277 g/mol. The molecule has 6 heteroatoms. The molecule has 1 heterocycles.